The second-order valence-electron chi connectivity index (χ2n) is 5.72. The van der Waals surface area contributed by atoms with Gasteiger partial charge in [0.1, 0.15) is 0 Å². The lowest BCUT2D eigenvalue weighted by atomic mass is 10.1. The fourth-order valence-corrected chi connectivity index (χ4v) is 4.71. The molecule has 0 aromatic heterocycles. The molecule has 19 heavy (non-hydrogen) atoms. The molecule has 1 heterocycles. The molecule has 0 bridgehead atoms. The maximum absolute atomic E-state index is 12.5. The van der Waals surface area contributed by atoms with Crippen LogP contribution in [-0.2, 0) is 14.9 Å². The molecule has 3 N–H and O–H groups in total. The highest BCUT2D eigenvalue weighted by molar-refractivity contribution is 7.87. The number of hydrogen-bond acceptors (Lipinski definition) is 4. The van der Waals surface area contributed by atoms with Crippen molar-refractivity contribution in [3.8, 4) is 0 Å². The molecule has 112 valence electrons. The highest BCUT2D eigenvalue weighted by Crippen LogP contribution is 2.26. The van der Waals surface area contributed by atoms with E-state index in [1.807, 2.05) is 13.8 Å². The Hall–Kier alpha value is -0.210. The molecular formula is C12H25N3O3S. The van der Waals surface area contributed by atoms with Gasteiger partial charge in [-0.15, -0.1) is 0 Å². The highest BCUT2D eigenvalue weighted by Gasteiger charge is 2.37. The molecule has 1 aliphatic heterocycles. The number of nitrogens with one attached hydrogen (secondary N) is 1. The molecule has 0 aromatic rings. The van der Waals surface area contributed by atoms with Gasteiger partial charge in [-0.2, -0.15) is 17.4 Å². The Labute approximate surface area is 115 Å². The summed E-state index contributed by atoms with van der Waals surface area (Å²) in [6.45, 7) is 5.18. The third-order valence-electron chi connectivity index (χ3n) is 4.12. The summed E-state index contributed by atoms with van der Waals surface area (Å²) in [5.41, 5.74) is 5.70. The van der Waals surface area contributed by atoms with Crippen LogP contribution in [0.5, 0.6) is 0 Å². The largest absolute Gasteiger partial charge is 0.375 e. The molecule has 4 unspecified atom stereocenters. The topological polar surface area (TPSA) is 84.7 Å². The summed E-state index contributed by atoms with van der Waals surface area (Å²) in [5, 5.41) is 0. The van der Waals surface area contributed by atoms with Gasteiger partial charge in [0.05, 0.1) is 12.7 Å². The van der Waals surface area contributed by atoms with E-state index < -0.39 is 10.2 Å². The zero-order valence-corrected chi connectivity index (χ0v) is 12.5. The summed E-state index contributed by atoms with van der Waals surface area (Å²) in [6, 6.07) is -0.133. The minimum absolute atomic E-state index is 0.0136. The van der Waals surface area contributed by atoms with Crippen molar-refractivity contribution in [1.29, 1.82) is 0 Å². The monoisotopic (exact) mass is 291 g/mol. The zero-order chi connectivity index (χ0) is 14.0. The van der Waals surface area contributed by atoms with Crippen LogP contribution in [0, 0.1) is 5.92 Å². The first-order valence-electron chi connectivity index (χ1n) is 7.05. The number of morpholine rings is 1. The Balaban J connectivity index is 2.04. The second-order valence-corrected chi connectivity index (χ2v) is 7.37. The van der Waals surface area contributed by atoms with Crippen LogP contribution in [0.1, 0.15) is 33.1 Å². The van der Waals surface area contributed by atoms with Crippen molar-refractivity contribution >= 4 is 10.2 Å². The van der Waals surface area contributed by atoms with Crippen LogP contribution in [0.25, 0.3) is 0 Å². The minimum Gasteiger partial charge on any atom is -0.375 e. The summed E-state index contributed by atoms with van der Waals surface area (Å²) in [7, 11) is -3.44. The zero-order valence-electron chi connectivity index (χ0n) is 11.7. The number of rotatable bonds is 4. The standard InChI is InChI=1S/C12H25N3O3S/c1-9-8-18-10(2)7-15(9)19(16,17)14-12-5-3-4-11(12)6-13/h9-12,14H,3-8,13H2,1-2H3. The average molecular weight is 291 g/mol. The van der Waals surface area contributed by atoms with Crippen molar-refractivity contribution in [3.05, 3.63) is 0 Å². The second kappa shape index (κ2) is 6.05. The predicted molar refractivity (Wildman–Crippen MR) is 73.8 cm³/mol. The number of ether oxygens (including phenoxy) is 1. The maximum Gasteiger partial charge on any atom is 0.280 e. The number of nitrogens with two attached hydrogens (primary N) is 1. The molecule has 1 saturated carbocycles. The Morgan fingerprint density at radius 3 is 2.79 bits per heavy atom. The molecule has 2 fully saturated rings. The Bertz CT molecular complexity index is 401. The van der Waals surface area contributed by atoms with Crippen molar-refractivity contribution in [3.63, 3.8) is 0 Å². The lowest BCUT2D eigenvalue weighted by molar-refractivity contribution is -0.0176. The summed E-state index contributed by atoms with van der Waals surface area (Å²) < 4.78 is 34.8. The van der Waals surface area contributed by atoms with Crippen molar-refractivity contribution in [2.45, 2.75) is 51.3 Å². The van der Waals surface area contributed by atoms with E-state index in [2.05, 4.69) is 4.72 Å². The van der Waals surface area contributed by atoms with Crippen molar-refractivity contribution < 1.29 is 13.2 Å². The van der Waals surface area contributed by atoms with Crippen LogP contribution in [0.3, 0.4) is 0 Å². The van der Waals surface area contributed by atoms with E-state index >= 15 is 0 Å². The first-order chi connectivity index (χ1) is 8.94. The van der Waals surface area contributed by atoms with Crippen molar-refractivity contribution in [2.75, 3.05) is 19.7 Å². The van der Waals surface area contributed by atoms with Crippen LogP contribution in [0.15, 0.2) is 0 Å². The Morgan fingerprint density at radius 1 is 1.37 bits per heavy atom. The predicted octanol–water partition coefficient (Wildman–Crippen LogP) is 0.0574. The van der Waals surface area contributed by atoms with Crippen LogP contribution in [0.4, 0.5) is 0 Å². The molecule has 4 atom stereocenters. The van der Waals surface area contributed by atoms with Gasteiger partial charge in [-0.1, -0.05) is 6.42 Å². The SMILES string of the molecule is CC1CN(S(=O)(=O)NC2CCCC2CN)C(C)CO1. The van der Waals surface area contributed by atoms with Gasteiger partial charge in [-0.05, 0) is 39.2 Å². The quantitative estimate of drug-likeness (QED) is 0.767. The van der Waals surface area contributed by atoms with E-state index in [-0.39, 0.29) is 24.1 Å². The smallest absolute Gasteiger partial charge is 0.280 e. The number of hydrogen-bond donors (Lipinski definition) is 2. The summed E-state index contributed by atoms with van der Waals surface area (Å²) in [6.07, 6.45) is 2.89. The normalized spacial score (nSPS) is 37.6. The summed E-state index contributed by atoms with van der Waals surface area (Å²) in [5.74, 6) is 0.267. The lowest BCUT2D eigenvalue weighted by Gasteiger charge is -2.36. The maximum atomic E-state index is 12.5. The molecular weight excluding hydrogens is 266 g/mol. The van der Waals surface area contributed by atoms with E-state index in [9.17, 15) is 8.42 Å². The molecule has 6 nitrogen and oxygen atoms in total. The van der Waals surface area contributed by atoms with Gasteiger partial charge in [0, 0.05) is 18.6 Å². The van der Waals surface area contributed by atoms with E-state index in [1.165, 1.54) is 4.31 Å². The van der Waals surface area contributed by atoms with Gasteiger partial charge in [0.15, 0.2) is 0 Å². The third-order valence-corrected chi connectivity index (χ3v) is 5.85. The van der Waals surface area contributed by atoms with E-state index in [4.69, 9.17) is 10.5 Å². The van der Waals surface area contributed by atoms with Gasteiger partial charge in [0.2, 0.25) is 0 Å². The van der Waals surface area contributed by atoms with Gasteiger partial charge in [0.25, 0.3) is 10.2 Å². The molecule has 0 radical (unpaired) electrons. The van der Waals surface area contributed by atoms with E-state index in [0.29, 0.717) is 19.7 Å². The number of nitrogens with zero attached hydrogens (tertiary/aromatic N) is 1. The summed E-state index contributed by atoms with van der Waals surface area (Å²) >= 11 is 0. The van der Waals surface area contributed by atoms with Gasteiger partial charge in [-0.3, -0.25) is 0 Å². The molecule has 1 aliphatic carbocycles. The van der Waals surface area contributed by atoms with Crippen LogP contribution < -0.4 is 10.5 Å². The third kappa shape index (κ3) is 3.46. The molecule has 0 amide bonds. The van der Waals surface area contributed by atoms with E-state index in [1.54, 1.807) is 0 Å². The average Bonchev–Trinajstić information content (AvgIpc) is 2.78. The van der Waals surface area contributed by atoms with Gasteiger partial charge in [-0.25, -0.2) is 0 Å². The first-order valence-corrected chi connectivity index (χ1v) is 8.49. The van der Waals surface area contributed by atoms with Gasteiger partial charge >= 0.3 is 0 Å². The molecule has 7 heteroatoms. The fourth-order valence-electron chi connectivity index (χ4n) is 2.94. The molecule has 0 aromatic carbocycles. The summed E-state index contributed by atoms with van der Waals surface area (Å²) in [4.78, 5) is 0. The Morgan fingerprint density at radius 2 is 2.11 bits per heavy atom. The Kier molecular flexibility index (Phi) is 4.84. The highest BCUT2D eigenvalue weighted by atomic mass is 32.2. The molecule has 1 saturated heterocycles. The van der Waals surface area contributed by atoms with E-state index in [0.717, 1.165) is 19.3 Å². The van der Waals surface area contributed by atoms with Crippen LogP contribution in [0.2, 0.25) is 0 Å². The lowest BCUT2D eigenvalue weighted by Crippen LogP contribution is -2.56. The minimum atomic E-state index is -3.44. The molecule has 2 aliphatic rings. The molecule has 0 spiro atoms. The molecule has 2 rings (SSSR count). The van der Waals surface area contributed by atoms with Crippen LogP contribution in [-0.4, -0.2) is 50.6 Å². The first kappa shape index (κ1) is 15.2. The van der Waals surface area contributed by atoms with Crippen molar-refractivity contribution in [1.82, 2.24) is 9.03 Å². The fraction of sp³-hybridized carbons (Fsp3) is 1.00. The van der Waals surface area contributed by atoms with Crippen molar-refractivity contribution in [2.24, 2.45) is 11.7 Å². The van der Waals surface area contributed by atoms with Gasteiger partial charge < -0.3 is 10.5 Å². The van der Waals surface area contributed by atoms with Crippen LogP contribution >= 0.6 is 0 Å².